The van der Waals surface area contributed by atoms with Crippen LogP contribution >= 0.6 is 0 Å². The first-order valence-corrected chi connectivity index (χ1v) is 10.2. The molecule has 0 bridgehead atoms. The number of benzene rings is 1. The van der Waals surface area contributed by atoms with Gasteiger partial charge < -0.3 is 9.42 Å². The number of aryl methyl sites for hydroxylation is 1. The van der Waals surface area contributed by atoms with Crippen molar-refractivity contribution in [3.05, 3.63) is 58.7 Å². The van der Waals surface area contributed by atoms with Gasteiger partial charge in [0.15, 0.2) is 0 Å². The maximum atomic E-state index is 13.4. The fourth-order valence-corrected chi connectivity index (χ4v) is 4.09. The standard InChI is InChI=1S/C23H26FN3O2/c1-14(2)20-13-19(21-15(3)26-29-22(21)25-20)23(28)27-9-7-16(8-10-27)11-17-5-4-6-18(24)12-17/h4-6,12-14,16H,7-11H2,1-3H3. The van der Waals surface area contributed by atoms with E-state index in [9.17, 15) is 9.18 Å². The van der Waals surface area contributed by atoms with Crippen LogP contribution in [0, 0.1) is 18.7 Å². The first-order valence-electron chi connectivity index (χ1n) is 10.2. The zero-order valence-corrected chi connectivity index (χ0v) is 17.1. The van der Waals surface area contributed by atoms with Gasteiger partial charge in [-0.05, 0) is 61.8 Å². The number of halogens is 1. The van der Waals surface area contributed by atoms with Crippen molar-refractivity contribution in [1.82, 2.24) is 15.0 Å². The second-order valence-corrected chi connectivity index (χ2v) is 8.27. The van der Waals surface area contributed by atoms with Gasteiger partial charge in [-0.2, -0.15) is 0 Å². The van der Waals surface area contributed by atoms with Gasteiger partial charge in [0, 0.05) is 18.8 Å². The van der Waals surface area contributed by atoms with E-state index >= 15 is 0 Å². The smallest absolute Gasteiger partial charge is 0.259 e. The minimum Gasteiger partial charge on any atom is -0.339 e. The summed E-state index contributed by atoms with van der Waals surface area (Å²) in [5.74, 6) is 0.465. The van der Waals surface area contributed by atoms with Crippen molar-refractivity contribution >= 4 is 17.0 Å². The van der Waals surface area contributed by atoms with Crippen molar-refractivity contribution < 1.29 is 13.7 Å². The van der Waals surface area contributed by atoms with Crippen molar-refractivity contribution in [3.8, 4) is 0 Å². The van der Waals surface area contributed by atoms with Gasteiger partial charge in [0.05, 0.1) is 16.6 Å². The Labute approximate surface area is 169 Å². The third-order valence-corrected chi connectivity index (χ3v) is 5.77. The summed E-state index contributed by atoms with van der Waals surface area (Å²) in [5, 5.41) is 4.72. The number of piperidine rings is 1. The predicted octanol–water partition coefficient (Wildman–Crippen LogP) is 4.89. The molecule has 0 unspecified atom stereocenters. The van der Waals surface area contributed by atoms with Gasteiger partial charge in [-0.3, -0.25) is 4.79 Å². The van der Waals surface area contributed by atoms with Crippen molar-refractivity contribution in [3.63, 3.8) is 0 Å². The number of hydrogen-bond donors (Lipinski definition) is 0. The van der Waals surface area contributed by atoms with Gasteiger partial charge >= 0.3 is 0 Å². The molecule has 1 fully saturated rings. The number of rotatable bonds is 4. The number of aromatic nitrogens is 2. The molecule has 5 nitrogen and oxygen atoms in total. The number of carbonyl (C=O) groups excluding carboxylic acids is 1. The first-order chi connectivity index (χ1) is 13.9. The topological polar surface area (TPSA) is 59.2 Å². The van der Waals surface area contributed by atoms with Crippen LogP contribution in [0.15, 0.2) is 34.9 Å². The largest absolute Gasteiger partial charge is 0.339 e. The number of fused-ring (bicyclic) bond motifs is 1. The third-order valence-electron chi connectivity index (χ3n) is 5.77. The van der Waals surface area contributed by atoms with Gasteiger partial charge in [-0.1, -0.05) is 31.1 Å². The van der Waals surface area contributed by atoms with E-state index in [0.717, 1.165) is 30.5 Å². The van der Waals surface area contributed by atoms with E-state index in [4.69, 9.17) is 4.52 Å². The zero-order chi connectivity index (χ0) is 20.5. The van der Waals surface area contributed by atoms with Gasteiger partial charge in [-0.25, -0.2) is 9.37 Å². The third kappa shape index (κ3) is 4.02. The molecule has 0 aliphatic carbocycles. The minimum absolute atomic E-state index is 0.00908. The fraction of sp³-hybridized carbons (Fsp3) is 0.435. The summed E-state index contributed by atoms with van der Waals surface area (Å²) in [5.41, 5.74) is 3.59. The number of nitrogens with zero attached hydrogens (tertiary/aromatic N) is 3. The SMILES string of the molecule is Cc1noc2nc(C(C)C)cc(C(=O)N3CCC(Cc4cccc(F)c4)CC3)c12. The summed E-state index contributed by atoms with van der Waals surface area (Å²) in [6, 6.07) is 8.69. The molecule has 3 aromatic rings. The first kappa shape index (κ1) is 19.6. The average molecular weight is 395 g/mol. The van der Waals surface area contributed by atoms with Crippen LogP contribution < -0.4 is 0 Å². The molecule has 29 heavy (non-hydrogen) atoms. The molecule has 1 saturated heterocycles. The Kier molecular flexibility index (Phi) is 5.35. The van der Waals surface area contributed by atoms with E-state index in [1.807, 2.05) is 37.8 Å². The van der Waals surface area contributed by atoms with Gasteiger partial charge in [-0.15, -0.1) is 0 Å². The Hall–Kier alpha value is -2.76. The second-order valence-electron chi connectivity index (χ2n) is 8.27. The van der Waals surface area contributed by atoms with E-state index in [-0.39, 0.29) is 17.6 Å². The Morgan fingerprint density at radius 3 is 2.72 bits per heavy atom. The van der Waals surface area contributed by atoms with Crippen LogP contribution in [-0.4, -0.2) is 34.0 Å². The van der Waals surface area contributed by atoms with E-state index < -0.39 is 0 Å². The van der Waals surface area contributed by atoms with Crippen molar-refractivity contribution in [2.45, 2.75) is 46.0 Å². The highest BCUT2D eigenvalue weighted by Crippen LogP contribution is 2.28. The van der Waals surface area contributed by atoms with Gasteiger partial charge in [0.2, 0.25) is 0 Å². The molecule has 1 aromatic carbocycles. The lowest BCUT2D eigenvalue weighted by Crippen LogP contribution is -2.39. The Bertz CT molecular complexity index is 1040. The molecule has 152 valence electrons. The highest BCUT2D eigenvalue weighted by molar-refractivity contribution is 6.06. The van der Waals surface area contributed by atoms with Gasteiger partial charge in [0.1, 0.15) is 5.82 Å². The summed E-state index contributed by atoms with van der Waals surface area (Å²) in [6.45, 7) is 7.33. The molecule has 1 amide bonds. The molecule has 0 N–H and O–H groups in total. The van der Waals surface area contributed by atoms with E-state index in [2.05, 4.69) is 10.1 Å². The summed E-state index contributed by atoms with van der Waals surface area (Å²) in [7, 11) is 0. The molecule has 4 rings (SSSR count). The molecular formula is C23H26FN3O2. The maximum absolute atomic E-state index is 13.4. The van der Waals surface area contributed by atoms with Crippen LogP contribution in [0.3, 0.4) is 0 Å². The fourth-order valence-electron chi connectivity index (χ4n) is 4.09. The summed E-state index contributed by atoms with van der Waals surface area (Å²) >= 11 is 0. The summed E-state index contributed by atoms with van der Waals surface area (Å²) in [6.07, 6.45) is 2.67. The molecule has 1 aliphatic rings. The van der Waals surface area contributed by atoms with E-state index in [1.165, 1.54) is 6.07 Å². The molecule has 0 saturated carbocycles. The predicted molar refractivity (Wildman–Crippen MR) is 109 cm³/mol. The van der Waals surface area contributed by atoms with E-state index in [0.29, 0.717) is 41.4 Å². The van der Waals surface area contributed by atoms with E-state index in [1.54, 1.807) is 12.1 Å². The molecule has 0 atom stereocenters. The minimum atomic E-state index is -0.193. The van der Waals surface area contributed by atoms with Crippen LogP contribution in [0.2, 0.25) is 0 Å². The van der Waals surface area contributed by atoms with Crippen molar-refractivity contribution in [1.29, 1.82) is 0 Å². The van der Waals surface area contributed by atoms with Crippen molar-refractivity contribution in [2.24, 2.45) is 5.92 Å². The van der Waals surface area contributed by atoms with Crippen LogP contribution in [0.25, 0.3) is 11.1 Å². The van der Waals surface area contributed by atoms with Crippen LogP contribution in [-0.2, 0) is 6.42 Å². The number of likely N-dealkylation sites (tertiary alicyclic amines) is 1. The number of carbonyl (C=O) groups is 1. The van der Waals surface area contributed by atoms with Crippen LogP contribution in [0.4, 0.5) is 4.39 Å². The molecule has 6 heteroatoms. The summed E-state index contributed by atoms with van der Waals surface area (Å²) < 4.78 is 18.8. The van der Waals surface area contributed by atoms with Crippen LogP contribution in [0.1, 0.15) is 59.9 Å². The normalized spacial score (nSPS) is 15.4. The highest BCUT2D eigenvalue weighted by atomic mass is 19.1. The monoisotopic (exact) mass is 395 g/mol. The lowest BCUT2D eigenvalue weighted by atomic mass is 9.89. The highest BCUT2D eigenvalue weighted by Gasteiger charge is 2.27. The number of hydrogen-bond acceptors (Lipinski definition) is 4. The molecule has 0 spiro atoms. The Balaban J connectivity index is 1.50. The lowest BCUT2D eigenvalue weighted by Gasteiger charge is -2.32. The van der Waals surface area contributed by atoms with Crippen LogP contribution in [0.5, 0.6) is 0 Å². The lowest BCUT2D eigenvalue weighted by molar-refractivity contribution is 0.0692. The quantitative estimate of drug-likeness (QED) is 0.631. The number of amides is 1. The molecular weight excluding hydrogens is 369 g/mol. The Morgan fingerprint density at radius 2 is 2.03 bits per heavy atom. The average Bonchev–Trinajstić information content (AvgIpc) is 3.08. The Morgan fingerprint density at radius 1 is 1.28 bits per heavy atom. The van der Waals surface area contributed by atoms with Crippen molar-refractivity contribution in [2.75, 3.05) is 13.1 Å². The maximum Gasteiger partial charge on any atom is 0.259 e. The zero-order valence-electron chi connectivity index (χ0n) is 17.1. The number of pyridine rings is 1. The van der Waals surface area contributed by atoms with Gasteiger partial charge in [0.25, 0.3) is 11.6 Å². The molecule has 1 aliphatic heterocycles. The second kappa shape index (κ2) is 7.93. The molecule has 3 heterocycles. The molecule has 0 radical (unpaired) electrons. The molecule has 2 aromatic heterocycles. The summed E-state index contributed by atoms with van der Waals surface area (Å²) in [4.78, 5) is 19.8.